The molecule has 5 nitrogen and oxygen atoms in total. The van der Waals surface area contributed by atoms with Gasteiger partial charge in [0.15, 0.2) is 0 Å². The van der Waals surface area contributed by atoms with Crippen molar-refractivity contribution < 1.29 is 14.3 Å². The molecule has 5 heteroatoms. The molecule has 1 amide bonds. The fourth-order valence-corrected chi connectivity index (χ4v) is 1.75. The van der Waals surface area contributed by atoms with Crippen LogP contribution in [-0.4, -0.2) is 26.7 Å². The minimum atomic E-state index is -0.0653. The zero-order chi connectivity index (χ0) is 14.4. The number of amides is 1. The van der Waals surface area contributed by atoms with E-state index in [2.05, 4.69) is 5.32 Å². The first kappa shape index (κ1) is 15.3. The maximum atomic E-state index is 11.9. The largest absolute Gasteiger partial charge is 0.497 e. The highest BCUT2D eigenvalue weighted by Gasteiger charge is 2.14. The van der Waals surface area contributed by atoms with Gasteiger partial charge in [0.1, 0.15) is 11.5 Å². The van der Waals surface area contributed by atoms with E-state index in [0.717, 1.165) is 5.56 Å². The van der Waals surface area contributed by atoms with Crippen LogP contribution in [0.25, 0.3) is 0 Å². The molecule has 3 N–H and O–H groups in total. The number of carbonyl (C=O) groups is 1. The molecule has 0 aliphatic heterocycles. The number of nitrogens with one attached hydrogen (secondary N) is 1. The highest BCUT2D eigenvalue weighted by Crippen LogP contribution is 2.33. The summed E-state index contributed by atoms with van der Waals surface area (Å²) in [6.07, 6.45) is 0.394. The van der Waals surface area contributed by atoms with E-state index in [9.17, 15) is 4.79 Å². The van der Waals surface area contributed by atoms with Gasteiger partial charge in [-0.2, -0.15) is 0 Å². The Labute approximate surface area is 114 Å². The average molecular weight is 266 g/mol. The molecule has 0 spiro atoms. The Balaban J connectivity index is 2.91. The molecule has 0 saturated carbocycles. The quantitative estimate of drug-likeness (QED) is 0.825. The van der Waals surface area contributed by atoms with Crippen LogP contribution in [0.2, 0.25) is 0 Å². The number of hydrogen-bond acceptors (Lipinski definition) is 4. The van der Waals surface area contributed by atoms with Gasteiger partial charge in [-0.3, -0.25) is 4.79 Å². The van der Waals surface area contributed by atoms with Crippen LogP contribution in [-0.2, 0) is 4.79 Å². The third kappa shape index (κ3) is 4.13. The Morgan fingerprint density at radius 2 is 2.05 bits per heavy atom. The van der Waals surface area contributed by atoms with Gasteiger partial charge in [0.25, 0.3) is 0 Å². The van der Waals surface area contributed by atoms with E-state index in [0.29, 0.717) is 30.2 Å². The normalized spacial score (nSPS) is 11.8. The van der Waals surface area contributed by atoms with Gasteiger partial charge in [0.05, 0.1) is 19.9 Å². The SMILES string of the molecule is COc1cc(C)c(NC(=O)CC(C)CN)c(OC)c1. The Bertz CT molecular complexity index is 447. The summed E-state index contributed by atoms with van der Waals surface area (Å²) < 4.78 is 10.5. The van der Waals surface area contributed by atoms with Crippen LogP contribution < -0.4 is 20.5 Å². The molecule has 0 radical (unpaired) electrons. The summed E-state index contributed by atoms with van der Waals surface area (Å²) in [7, 11) is 3.15. The van der Waals surface area contributed by atoms with Gasteiger partial charge >= 0.3 is 0 Å². The van der Waals surface area contributed by atoms with E-state index in [4.69, 9.17) is 15.2 Å². The van der Waals surface area contributed by atoms with Gasteiger partial charge < -0.3 is 20.5 Å². The molecule has 1 rings (SSSR count). The van der Waals surface area contributed by atoms with Crippen molar-refractivity contribution in [3.05, 3.63) is 17.7 Å². The van der Waals surface area contributed by atoms with Crippen LogP contribution in [0, 0.1) is 12.8 Å². The third-order valence-corrected chi connectivity index (χ3v) is 2.93. The highest BCUT2D eigenvalue weighted by molar-refractivity contribution is 5.93. The van der Waals surface area contributed by atoms with Gasteiger partial charge in [-0.05, 0) is 31.0 Å². The molecule has 1 atom stereocenters. The summed E-state index contributed by atoms with van der Waals surface area (Å²) in [5.74, 6) is 1.38. The number of hydrogen-bond donors (Lipinski definition) is 2. The second-order valence-corrected chi connectivity index (χ2v) is 4.61. The second kappa shape index (κ2) is 6.99. The van der Waals surface area contributed by atoms with Gasteiger partial charge in [-0.15, -0.1) is 0 Å². The van der Waals surface area contributed by atoms with Crippen LogP contribution in [0.15, 0.2) is 12.1 Å². The van der Waals surface area contributed by atoms with Crippen molar-refractivity contribution >= 4 is 11.6 Å². The van der Waals surface area contributed by atoms with Crippen molar-refractivity contribution in [2.45, 2.75) is 20.3 Å². The first-order chi connectivity index (χ1) is 9.01. The fraction of sp³-hybridized carbons (Fsp3) is 0.500. The number of methoxy groups -OCH3 is 2. The Morgan fingerprint density at radius 1 is 1.37 bits per heavy atom. The molecule has 1 aromatic carbocycles. The van der Waals surface area contributed by atoms with Crippen LogP contribution in [0.4, 0.5) is 5.69 Å². The van der Waals surface area contributed by atoms with Gasteiger partial charge in [0.2, 0.25) is 5.91 Å². The van der Waals surface area contributed by atoms with Crippen LogP contribution >= 0.6 is 0 Å². The van der Waals surface area contributed by atoms with Gasteiger partial charge in [-0.1, -0.05) is 6.92 Å². The first-order valence-electron chi connectivity index (χ1n) is 6.24. The van der Waals surface area contributed by atoms with Crippen LogP contribution in [0.1, 0.15) is 18.9 Å². The minimum Gasteiger partial charge on any atom is -0.497 e. The number of ether oxygens (including phenoxy) is 2. The van der Waals surface area contributed by atoms with E-state index in [-0.39, 0.29) is 11.8 Å². The zero-order valence-corrected chi connectivity index (χ0v) is 11.9. The topological polar surface area (TPSA) is 73.6 Å². The van der Waals surface area contributed by atoms with Gasteiger partial charge in [0, 0.05) is 12.5 Å². The molecule has 0 aromatic heterocycles. The Hall–Kier alpha value is -1.75. The zero-order valence-electron chi connectivity index (χ0n) is 11.9. The first-order valence-corrected chi connectivity index (χ1v) is 6.24. The molecular weight excluding hydrogens is 244 g/mol. The number of nitrogens with two attached hydrogens (primary N) is 1. The molecule has 106 valence electrons. The van der Waals surface area contributed by atoms with Gasteiger partial charge in [-0.25, -0.2) is 0 Å². The molecule has 0 aliphatic carbocycles. The number of benzene rings is 1. The summed E-state index contributed by atoms with van der Waals surface area (Å²) >= 11 is 0. The van der Waals surface area contributed by atoms with Crippen molar-refractivity contribution in [3.63, 3.8) is 0 Å². The number of carbonyl (C=O) groups excluding carboxylic acids is 1. The molecule has 1 aromatic rings. The van der Waals surface area contributed by atoms with E-state index in [1.807, 2.05) is 19.9 Å². The predicted octanol–water partition coefficient (Wildman–Crippen LogP) is 1.94. The van der Waals surface area contributed by atoms with Crippen molar-refractivity contribution in [1.82, 2.24) is 0 Å². The van der Waals surface area contributed by atoms with E-state index >= 15 is 0 Å². The second-order valence-electron chi connectivity index (χ2n) is 4.61. The summed E-state index contributed by atoms with van der Waals surface area (Å²) in [4.78, 5) is 11.9. The molecule has 0 saturated heterocycles. The van der Waals surface area contributed by atoms with E-state index in [1.54, 1.807) is 20.3 Å². The summed E-state index contributed by atoms with van der Waals surface area (Å²) in [6, 6.07) is 3.60. The Kier molecular flexibility index (Phi) is 5.63. The lowest BCUT2D eigenvalue weighted by atomic mass is 10.1. The monoisotopic (exact) mass is 266 g/mol. The smallest absolute Gasteiger partial charge is 0.224 e. The van der Waals surface area contributed by atoms with Crippen molar-refractivity contribution in [1.29, 1.82) is 0 Å². The van der Waals surface area contributed by atoms with Crippen LogP contribution in [0.5, 0.6) is 11.5 Å². The molecule has 1 unspecified atom stereocenters. The third-order valence-electron chi connectivity index (χ3n) is 2.93. The molecular formula is C14H22N2O3. The van der Waals surface area contributed by atoms with Crippen molar-refractivity contribution in [2.75, 3.05) is 26.1 Å². The minimum absolute atomic E-state index is 0.0653. The lowest BCUT2D eigenvalue weighted by Crippen LogP contribution is -2.20. The maximum absolute atomic E-state index is 11.9. The van der Waals surface area contributed by atoms with E-state index in [1.165, 1.54) is 0 Å². The standard InChI is InChI=1S/C14H22N2O3/c1-9(8-15)5-13(17)16-14-10(2)6-11(18-3)7-12(14)19-4/h6-7,9H,5,8,15H2,1-4H3,(H,16,17). The molecule has 0 fully saturated rings. The number of anilines is 1. The maximum Gasteiger partial charge on any atom is 0.224 e. The van der Waals surface area contributed by atoms with Crippen molar-refractivity contribution in [3.8, 4) is 11.5 Å². The average Bonchev–Trinajstić information content (AvgIpc) is 2.40. The highest BCUT2D eigenvalue weighted by atomic mass is 16.5. The summed E-state index contributed by atoms with van der Waals surface area (Å²) in [6.45, 7) is 4.33. The summed E-state index contributed by atoms with van der Waals surface area (Å²) in [5.41, 5.74) is 7.09. The molecule has 0 heterocycles. The number of rotatable bonds is 6. The predicted molar refractivity (Wildman–Crippen MR) is 75.7 cm³/mol. The fourth-order valence-electron chi connectivity index (χ4n) is 1.75. The molecule has 19 heavy (non-hydrogen) atoms. The molecule has 0 bridgehead atoms. The van der Waals surface area contributed by atoms with Crippen molar-refractivity contribution in [2.24, 2.45) is 11.7 Å². The number of aryl methyl sites for hydroxylation is 1. The molecule has 0 aliphatic rings. The Morgan fingerprint density at radius 3 is 2.58 bits per heavy atom. The lowest BCUT2D eigenvalue weighted by molar-refractivity contribution is -0.116. The lowest BCUT2D eigenvalue weighted by Gasteiger charge is -2.15. The van der Waals surface area contributed by atoms with Crippen LogP contribution in [0.3, 0.4) is 0 Å². The van der Waals surface area contributed by atoms with E-state index < -0.39 is 0 Å². The summed E-state index contributed by atoms with van der Waals surface area (Å²) in [5, 5.41) is 2.87.